The molecule has 0 radical (unpaired) electrons. The molecule has 10 heavy (non-hydrogen) atoms. The third-order valence-electron chi connectivity index (χ3n) is 1.94. The molecule has 0 heterocycles. The molecule has 0 fully saturated rings. The Labute approximate surface area is 69.9 Å². The largest absolute Gasteiger partial charge is 0.301 e. The minimum Gasteiger partial charge on any atom is -0.301 e. The van der Waals surface area contributed by atoms with Gasteiger partial charge in [-0.1, -0.05) is 26.1 Å². The van der Waals surface area contributed by atoms with Crippen molar-refractivity contribution in [1.82, 2.24) is 0 Å². The van der Waals surface area contributed by atoms with Crippen molar-refractivity contribution in [3.8, 4) is 0 Å². The highest BCUT2D eigenvalue weighted by Crippen LogP contribution is 2.05. The van der Waals surface area contributed by atoms with Gasteiger partial charge in [0.2, 0.25) is 15.2 Å². The first-order valence-corrected chi connectivity index (χ1v) is 6.25. The summed E-state index contributed by atoms with van der Waals surface area (Å²) < 4.78 is 0. The van der Waals surface area contributed by atoms with Crippen LogP contribution in [0.15, 0.2) is 0 Å². The lowest BCUT2D eigenvalue weighted by atomic mass is 10.1. The normalized spacial score (nSPS) is 12.7. The molecule has 0 amide bonds. The molecule has 0 N–H and O–H groups in total. The summed E-state index contributed by atoms with van der Waals surface area (Å²) in [4.78, 5) is 11.2. The van der Waals surface area contributed by atoms with Crippen molar-refractivity contribution in [2.45, 2.75) is 37.8 Å². The summed E-state index contributed by atoms with van der Waals surface area (Å²) in [6.45, 7) is 6.29. The molecule has 1 nitrogen and oxygen atoms in total. The number of rotatable bonds is 5. The van der Waals surface area contributed by atoms with Crippen LogP contribution in [0.5, 0.6) is 0 Å². The van der Waals surface area contributed by atoms with E-state index in [1.165, 1.54) is 5.28 Å². The number of hydrogen-bond acceptors (Lipinski definition) is 1. The molecule has 0 aromatic rings. The number of hydrogen-bond donors (Lipinski definition) is 0. The van der Waals surface area contributed by atoms with Gasteiger partial charge in [-0.2, -0.15) is 0 Å². The van der Waals surface area contributed by atoms with Crippen LogP contribution in [0.25, 0.3) is 0 Å². The summed E-state index contributed by atoms with van der Waals surface area (Å²) >= 11 is -0.0274. The van der Waals surface area contributed by atoms with Crippen LogP contribution in [0.4, 0.5) is 0 Å². The number of carbonyl (C=O) groups excluding carboxylic acids is 1. The van der Waals surface area contributed by atoms with Gasteiger partial charge in [-0.25, -0.2) is 0 Å². The van der Waals surface area contributed by atoms with Crippen molar-refractivity contribution in [2.24, 2.45) is 5.92 Å². The number of Topliss-reactive ketones (excluding diaryl/α,β-unsaturated/α-hetero) is 1. The molecule has 0 bridgehead atoms. The Hall–Kier alpha value is 0.202. The molecule has 2 heteroatoms. The first kappa shape index (κ1) is 10.2. The van der Waals surface area contributed by atoms with E-state index < -0.39 is 0 Å². The highest BCUT2D eigenvalue weighted by molar-refractivity contribution is 6.41. The second kappa shape index (κ2) is 5.95. The molecule has 0 spiro atoms. The fourth-order valence-electron chi connectivity index (χ4n) is 0.825. The zero-order valence-electron chi connectivity index (χ0n) is 7.31. The second-order valence-corrected chi connectivity index (χ2v) is 5.09. The Morgan fingerprint density at radius 2 is 2.10 bits per heavy atom. The first-order chi connectivity index (χ1) is 4.72. The van der Waals surface area contributed by atoms with Gasteiger partial charge in [0.1, 0.15) is 5.78 Å². The third kappa shape index (κ3) is 4.09. The van der Waals surface area contributed by atoms with Crippen molar-refractivity contribution in [3.05, 3.63) is 0 Å². The molecule has 58 valence electrons. The molecule has 0 saturated heterocycles. The zero-order chi connectivity index (χ0) is 7.98. The lowest BCUT2D eigenvalue weighted by Crippen LogP contribution is -2.11. The summed E-state index contributed by atoms with van der Waals surface area (Å²) in [6.07, 6.45) is 1.01. The van der Waals surface area contributed by atoms with Gasteiger partial charge in [0.05, 0.1) is 0 Å². The molecule has 1 unspecified atom stereocenters. The van der Waals surface area contributed by atoms with Crippen LogP contribution < -0.4 is 0 Å². The van der Waals surface area contributed by atoms with E-state index >= 15 is 0 Å². The lowest BCUT2D eigenvalue weighted by Gasteiger charge is -2.04. The van der Waals surface area contributed by atoms with Crippen molar-refractivity contribution < 1.29 is 4.79 Å². The van der Waals surface area contributed by atoms with Crippen molar-refractivity contribution >= 4 is 21.0 Å². The Kier molecular flexibility index (Phi) is 6.07. The van der Waals surface area contributed by atoms with Crippen molar-refractivity contribution in [1.29, 1.82) is 0 Å². The molecule has 1 atom stereocenters. The topological polar surface area (TPSA) is 17.1 Å². The maximum absolute atomic E-state index is 11.2. The Balaban J connectivity index is 3.42. The van der Waals surface area contributed by atoms with Crippen LogP contribution in [-0.2, 0) is 4.79 Å². The Morgan fingerprint density at radius 3 is 2.50 bits per heavy atom. The summed E-state index contributed by atoms with van der Waals surface area (Å²) in [5.74, 6) is 0.815. The fraction of sp³-hybridized carbons (Fsp3) is 0.875. The predicted molar refractivity (Wildman–Crippen MR) is 46.9 cm³/mol. The monoisotopic (exact) mass is 156 g/mol. The van der Waals surface area contributed by atoms with Crippen LogP contribution in [-0.4, -0.2) is 21.0 Å². The van der Waals surface area contributed by atoms with Crippen LogP contribution >= 0.6 is 0 Å². The lowest BCUT2D eigenvalue weighted by molar-refractivity contribution is -0.120. The van der Waals surface area contributed by atoms with Crippen LogP contribution in [0.2, 0.25) is 10.6 Å². The standard InChI is InChI=1S/C6H11O.C2H5.Al.H/c1-4-5(2)6(3)7;1-2;;/h5H,3-4H2,1-2H3;1H2,2H3;;. The minimum atomic E-state index is -0.0274. The average Bonchev–Trinajstić information content (AvgIpc) is 1.98. The van der Waals surface area contributed by atoms with Crippen LogP contribution in [0.1, 0.15) is 27.2 Å². The molecule has 0 aliphatic heterocycles. The van der Waals surface area contributed by atoms with E-state index in [9.17, 15) is 4.79 Å². The molecular formula is C8H17AlO. The second-order valence-electron chi connectivity index (χ2n) is 2.88. The molecule has 0 rings (SSSR count). The highest BCUT2D eigenvalue weighted by atomic mass is 27.1. The van der Waals surface area contributed by atoms with E-state index in [1.54, 1.807) is 0 Å². The smallest absolute Gasteiger partial charge is 0.247 e. The van der Waals surface area contributed by atoms with E-state index in [0.29, 0.717) is 11.7 Å². The van der Waals surface area contributed by atoms with Gasteiger partial charge in [-0.15, -0.1) is 0 Å². The summed E-state index contributed by atoms with van der Waals surface area (Å²) in [7, 11) is 0. The summed E-state index contributed by atoms with van der Waals surface area (Å²) in [6, 6.07) is 0. The predicted octanol–water partition coefficient (Wildman–Crippen LogP) is 1.89. The first-order valence-electron chi connectivity index (χ1n) is 4.25. The van der Waals surface area contributed by atoms with Crippen molar-refractivity contribution in [2.75, 3.05) is 0 Å². The van der Waals surface area contributed by atoms with E-state index in [-0.39, 0.29) is 15.2 Å². The molecule has 0 aromatic heterocycles. The van der Waals surface area contributed by atoms with Gasteiger partial charge < -0.3 is 4.79 Å². The maximum Gasteiger partial charge on any atom is 0.247 e. The van der Waals surface area contributed by atoms with E-state index in [1.807, 2.05) is 6.92 Å². The Morgan fingerprint density at radius 1 is 1.50 bits per heavy atom. The minimum absolute atomic E-state index is 0.0274. The highest BCUT2D eigenvalue weighted by Gasteiger charge is 2.09. The molecule has 0 aromatic carbocycles. The van der Waals surface area contributed by atoms with Crippen LogP contribution in [0, 0.1) is 5.92 Å². The quantitative estimate of drug-likeness (QED) is 0.555. The average molecular weight is 156 g/mol. The van der Waals surface area contributed by atoms with Gasteiger partial charge in [0.25, 0.3) is 0 Å². The molecular weight excluding hydrogens is 139 g/mol. The van der Waals surface area contributed by atoms with Gasteiger partial charge in [0, 0.05) is 5.92 Å². The molecule has 0 aliphatic carbocycles. The number of ketones is 1. The molecule has 0 saturated carbocycles. The van der Waals surface area contributed by atoms with Crippen molar-refractivity contribution in [3.63, 3.8) is 0 Å². The maximum atomic E-state index is 11.2. The SMILES string of the molecule is C[CH2][AlH][CH2]C(=O)C(C)CC. The molecule has 0 aliphatic rings. The van der Waals surface area contributed by atoms with E-state index in [2.05, 4.69) is 13.8 Å². The van der Waals surface area contributed by atoms with Gasteiger partial charge in [-0.3, -0.25) is 0 Å². The van der Waals surface area contributed by atoms with Gasteiger partial charge >= 0.3 is 0 Å². The van der Waals surface area contributed by atoms with E-state index in [4.69, 9.17) is 0 Å². The van der Waals surface area contributed by atoms with Gasteiger partial charge in [0.15, 0.2) is 0 Å². The summed E-state index contributed by atoms with van der Waals surface area (Å²) in [5.41, 5.74) is 0. The fourth-order valence-corrected chi connectivity index (χ4v) is 2.02. The number of carbonyl (C=O) groups is 1. The Bertz CT molecular complexity index is 101. The third-order valence-corrected chi connectivity index (χ3v) is 3.49. The van der Waals surface area contributed by atoms with Gasteiger partial charge in [-0.05, 0) is 11.7 Å². The van der Waals surface area contributed by atoms with E-state index in [0.717, 1.165) is 11.7 Å². The van der Waals surface area contributed by atoms with Crippen LogP contribution in [0.3, 0.4) is 0 Å². The summed E-state index contributed by atoms with van der Waals surface area (Å²) in [5, 5.41) is 2.19. The zero-order valence-corrected chi connectivity index (χ0v) is 8.73.